The molecule has 0 N–H and O–H groups in total. The summed E-state index contributed by atoms with van der Waals surface area (Å²) >= 11 is 0. The van der Waals surface area contributed by atoms with Gasteiger partial charge in [-0.1, -0.05) is 26.8 Å². The molecule has 0 amide bonds. The van der Waals surface area contributed by atoms with Crippen molar-refractivity contribution in [3.8, 4) is 5.88 Å². The standard InChI is InChI=1S/C13H21NO/c1-6-11-7-8-12(9(2)3)13(14-11)15-10(4)5/h7-10H,6H2,1-5H3. The Balaban J connectivity index is 3.05. The molecule has 0 aliphatic rings. The molecular weight excluding hydrogens is 186 g/mol. The molecule has 0 bridgehead atoms. The first-order valence-corrected chi connectivity index (χ1v) is 5.71. The Labute approximate surface area is 92.7 Å². The molecule has 15 heavy (non-hydrogen) atoms. The summed E-state index contributed by atoms with van der Waals surface area (Å²) in [4.78, 5) is 4.53. The van der Waals surface area contributed by atoms with Crippen molar-refractivity contribution in [1.29, 1.82) is 0 Å². The van der Waals surface area contributed by atoms with Crippen molar-refractivity contribution in [3.05, 3.63) is 23.4 Å². The summed E-state index contributed by atoms with van der Waals surface area (Å²) in [6.45, 7) is 10.5. The first-order valence-electron chi connectivity index (χ1n) is 5.71. The number of pyridine rings is 1. The SMILES string of the molecule is CCc1ccc(C(C)C)c(OC(C)C)n1. The fourth-order valence-electron chi connectivity index (χ4n) is 1.44. The van der Waals surface area contributed by atoms with Crippen molar-refractivity contribution in [3.63, 3.8) is 0 Å². The van der Waals surface area contributed by atoms with Gasteiger partial charge < -0.3 is 4.74 Å². The molecule has 84 valence electrons. The van der Waals surface area contributed by atoms with Crippen LogP contribution in [0.15, 0.2) is 12.1 Å². The summed E-state index contributed by atoms with van der Waals surface area (Å²) in [5.74, 6) is 1.26. The van der Waals surface area contributed by atoms with Crippen LogP contribution in [-0.2, 0) is 6.42 Å². The minimum atomic E-state index is 0.183. The van der Waals surface area contributed by atoms with Crippen molar-refractivity contribution in [2.75, 3.05) is 0 Å². The monoisotopic (exact) mass is 207 g/mol. The van der Waals surface area contributed by atoms with Crippen LogP contribution in [0.4, 0.5) is 0 Å². The molecule has 0 saturated carbocycles. The van der Waals surface area contributed by atoms with Crippen LogP contribution in [0.1, 0.15) is 51.8 Å². The largest absolute Gasteiger partial charge is 0.475 e. The van der Waals surface area contributed by atoms with Gasteiger partial charge in [-0.25, -0.2) is 4.98 Å². The van der Waals surface area contributed by atoms with Crippen molar-refractivity contribution in [2.45, 2.75) is 53.1 Å². The number of rotatable bonds is 4. The van der Waals surface area contributed by atoms with Gasteiger partial charge in [0.05, 0.1) is 6.10 Å². The molecule has 2 nitrogen and oxygen atoms in total. The van der Waals surface area contributed by atoms with Gasteiger partial charge >= 0.3 is 0 Å². The van der Waals surface area contributed by atoms with E-state index in [2.05, 4.69) is 37.9 Å². The van der Waals surface area contributed by atoms with E-state index in [1.54, 1.807) is 0 Å². The van der Waals surface area contributed by atoms with Crippen LogP contribution in [0.25, 0.3) is 0 Å². The summed E-state index contributed by atoms with van der Waals surface area (Å²) in [5.41, 5.74) is 2.29. The summed E-state index contributed by atoms with van der Waals surface area (Å²) < 4.78 is 5.74. The number of aromatic nitrogens is 1. The van der Waals surface area contributed by atoms with Gasteiger partial charge in [0.1, 0.15) is 0 Å². The molecule has 0 aliphatic heterocycles. The third-order valence-electron chi connectivity index (χ3n) is 2.28. The van der Waals surface area contributed by atoms with Gasteiger partial charge in [0.25, 0.3) is 0 Å². The summed E-state index contributed by atoms with van der Waals surface area (Å²) in [5, 5.41) is 0. The highest BCUT2D eigenvalue weighted by molar-refractivity contribution is 5.31. The zero-order valence-electron chi connectivity index (χ0n) is 10.4. The van der Waals surface area contributed by atoms with Gasteiger partial charge in [-0.15, -0.1) is 0 Å². The molecule has 0 atom stereocenters. The second kappa shape index (κ2) is 5.15. The molecule has 0 radical (unpaired) electrons. The molecule has 0 saturated heterocycles. The van der Waals surface area contributed by atoms with Gasteiger partial charge in [0.2, 0.25) is 5.88 Å². The van der Waals surface area contributed by atoms with E-state index in [0.717, 1.165) is 18.0 Å². The number of nitrogens with zero attached hydrogens (tertiary/aromatic N) is 1. The summed E-state index contributed by atoms with van der Waals surface area (Å²) in [7, 11) is 0. The highest BCUT2D eigenvalue weighted by atomic mass is 16.5. The van der Waals surface area contributed by atoms with Crippen LogP contribution in [0.5, 0.6) is 5.88 Å². The number of ether oxygens (including phenoxy) is 1. The van der Waals surface area contributed by atoms with E-state index in [1.807, 2.05) is 13.8 Å². The van der Waals surface area contributed by atoms with Crippen LogP contribution in [-0.4, -0.2) is 11.1 Å². The Bertz CT molecular complexity index is 318. The highest BCUT2D eigenvalue weighted by Gasteiger charge is 2.11. The number of aryl methyl sites for hydroxylation is 1. The number of hydrogen-bond acceptors (Lipinski definition) is 2. The lowest BCUT2D eigenvalue weighted by Crippen LogP contribution is -2.10. The highest BCUT2D eigenvalue weighted by Crippen LogP contribution is 2.25. The summed E-state index contributed by atoms with van der Waals surface area (Å²) in [6, 6.07) is 4.22. The molecule has 0 aromatic carbocycles. The lowest BCUT2D eigenvalue weighted by molar-refractivity contribution is 0.228. The molecule has 1 aromatic rings. The Morgan fingerprint density at radius 3 is 2.33 bits per heavy atom. The maximum absolute atomic E-state index is 5.74. The van der Waals surface area contributed by atoms with Crippen LogP contribution < -0.4 is 4.74 Å². The van der Waals surface area contributed by atoms with Gasteiger partial charge in [-0.3, -0.25) is 0 Å². The molecule has 0 unspecified atom stereocenters. The van der Waals surface area contributed by atoms with Crippen LogP contribution in [0.3, 0.4) is 0 Å². The minimum Gasteiger partial charge on any atom is -0.475 e. The van der Waals surface area contributed by atoms with E-state index in [1.165, 1.54) is 5.56 Å². The van der Waals surface area contributed by atoms with Crippen molar-refractivity contribution in [1.82, 2.24) is 4.98 Å². The molecule has 1 rings (SSSR count). The predicted molar refractivity (Wildman–Crippen MR) is 63.5 cm³/mol. The van der Waals surface area contributed by atoms with Gasteiger partial charge in [-0.2, -0.15) is 0 Å². The first-order chi connectivity index (χ1) is 7.04. The van der Waals surface area contributed by atoms with Crippen molar-refractivity contribution in [2.24, 2.45) is 0 Å². The Morgan fingerprint density at radius 2 is 1.87 bits per heavy atom. The molecule has 0 fully saturated rings. The third-order valence-corrected chi connectivity index (χ3v) is 2.28. The molecule has 1 heterocycles. The smallest absolute Gasteiger partial charge is 0.217 e. The lowest BCUT2D eigenvalue weighted by atomic mass is 10.0. The van der Waals surface area contributed by atoms with Gasteiger partial charge in [0, 0.05) is 11.3 Å². The quantitative estimate of drug-likeness (QED) is 0.753. The Hall–Kier alpha value is -1.05. The van der Waals surface area contributed by atoms with E-state index < -0.39 is 0 Å². The van der Waals surface area contributed by atoms with Crippen molar-refractivity contribution >= 4 is 0 Å². The van der Waals surface area contributed by atoms with E-state index >= 15 is 0 Å². The van der Waals surface area contributed by atoms with Crippen LogP contribution in [0.2, 0.25) is 0 Å². The molecule has 0 spiro atoms. The van der Waals surface area contributed by atoms with E-state index in [-0.39, 0.29) is 6.10 Å². The second-order valence-electron chi connectivity index (χ2n) is 4.37. The van der Waals surface area contributed by atoms with Gasteiger partial charge in [-0.05, 0) is 32.3 Å². The minimum absolute atomic E-state index is 0.183. The van der Waals surface area contributed by atoms with Crippen molar-refractivity contribution < 1.29 is 4.74 Å². The zero-order chi connectivity index (χ0) is 11.4. The topological polar surface area (TPSA) is 22.1 Å². The number of hydrogen-bond donors (Lipinski definition) is 0. The molecule has 2 heteroatoms. The average Bonchev–Trinajstić information content (AvgIpc) is 2.16. The van der Waals surface area contributed by atoms with Gasteiger partial charge in [0.15, 0.2) is 0 Å². The van der Waals surface area contributed by atoms with E-state index in [0.29, 0.717) is 5.92 Å². The molecule has 0 aliphatic carbocycles. The normalized spacial score (nSPS) is 11.1. The zero-order valence-corrected chi connectivity index (χ0v) is 10.4. The third kappa shape index (κ3) is 3.22. The fourth-order valence-corrected chi connectivity index (χ4v) is 1.44. The Morgan fingerprint density at radius 1 is 1.20 bits per heavy atom. The maximum atomic E-state index is 5.74. The molecule has 1 aromatic heterocycles. The van der Waals surface area contributed by atoms with E-state index in [9.17, 15) is 0 Å². The summed E-state index contributed by atoms with van der Waals surface area (Å²) in [6.07, 6.45) is 1.13. The molecular formula is C13H21NO. The van der Waals surface area contributed by atoms with E-state index in [4.69, 9.17) is 4.74 Å². The Kier molecular flexibility index (Phi) is 4.13. The maximum Gasteiger partial charge on any atom is 0.217 e. The van der Waals surface area contributed by atoms with Crippen LogP contribution in [0, 0.1) is 0 Å². The lowest BCUT2D eigenvalue weighted by Gasteiger charge is -2.16. The first kappa shape index (κ1) is 12.0. The average molecular weight is 207 g/mol. The second-order valence-corrected chi connectivity index (χ2v) is 4.37. The fraction of sp³-hybridized carbons (Fsp3) is 0.615. The predicted octanol–water partition coefficient (Wildman–Crippen LogP) is 3.55. The van der Waals surface area contributed by atoms with Crippen LogP contribution >= 0.6 is 0 Å².